The first kappa shape index (κ1) is 19.2. The predicted octanol–water partition coefficient (Wildman–Crippen LogP) is 1.93. The van der Waals surface area contributed by atoms with Crippen molar-refractivity contribution < 1.29 is 21.4 Å². The number of sulfone groups is 1. The van der Waals surface area contributed by atoms with Gasteiger partial charge in [0.25, 0.3) is 0 Å². The number of hydrogen-bond donors (Lipinski definition) is 1. The van der Waals surface area contributed by atoms with Crippen LogP contribution in [0, 0.1) is 6.92 Å². The van der Waals surface area contributed by atoms with Crippen LogP contribution in [0.15, 0.2) is 62.8 Å². The first-order chi connectivity index (χ1) is 12.6. The number of nitrogens with one attached hydrogen (secondary N) is 1. The Labute approximate surface area is 157 Å². The summed E-state index contributed by atoms with van der Waals surface area (Å²) in [4.78, 5) is 4.16. The Morgan fingerprint density at radius 1 is 1.00 bits per heavy atom. The van der Waals surface area contributed by atoms with Crippen LogP contribution in [0.2, 0.25) is 0 Å². The van der Waals surface area contributed by atoms with Gasteiger partial charge >= 0.3 is 0 Å². The van der Waals surface area contributed by atoms with Crippen LogP contribution in [-0.4, -0.2) is 33.2 Å². The summed E-state index contributed by atoms with van der Waals surface area (Å²) < 4.78 is 55.0. The molecule has 0 aliphatic carbocycles. The molecule has 0 atom stereocenters. The van der Waals surface area contributed by atoms with Gasteiger partial charge in [0.2, 0.25) is 21.7 Å². The highest BCUT2D eigenvalue weighted by molar-refractivity contribution is 7.90. The van der Waals surface area contributed by atoms with Gasteiger partial charge < -0.3 is 4.52 Å². The fourth-order valence-electron chi connectivity index (χ4n) is 2.33. The Kier molecular flexibility index (Phi) is 5.13. The SMILES string of the molecule is Cc1cccc(-c2noc(CNS(=O)(=O)c3ccc(S(C)(=O)=O)cc3)n2)c1. The van der Waals surface area contributed by atoms with Crippen molar-refractivity contribution in [1.29, 1.82) is 0 Å². The largest absolute Gasteiger partial charge is 0.338 e. The van der Waals surface area contributed by atoms with Gasteiger partial charge in [-0.05, 0) is 37.3 Å². The zero-order valence-corrected chi connectivity index (χ0v) is 16.2. The molecule has 10 heteroatoms. The maximum Gasteiger partial charge on any atom is 0.242 e. The summed E-state index contributed by atoms with van der Waals surface area (Å²) in [5, 5.41) is 3.85. The summed E-state index contributed by atoms with van der Waals surface area (Å²) in [6.45, 7) is 1.75. The molecule has 0 unspecified atom stereocenters. The molecule has 1 heterocycles. The Balaban J connectivity index is 1.72. The van der Waals surface area contributed by atoms with Crippen LogP contribution >= 0.6 is 0 Å². The fraction of sp³-hybridized carbons (Fsp3) is 0.176. The second kappa shape index (κ2) is 7.22. The Hall–Kier alpha value is -2.56. The van der Waals surface area contributed by atoms with Crippen LogP contribution in [0.3, 0.4) is 0 Å². The van der Waals surface area contributed by atoms with E-state index in [1.54, 1.807) is 0 Å². The van der Waals surface area contributed by atoms with Crippen LogP contribution in [0.1, 0.15) is 11.5 Å². The average molecular weight is 407 g/mol. The molecule has 142 valence electrons. The smallest absolute Gasteiger partial charge is 0.242 e. The minimum atomic E-state index is -3.86. The highest BCUT2D eigenvalue weighted by Gasteiger charge is 2.17. The van der Waals surface area contributed by atoms with Crippen molar-refractivity contribution in [2.75, 3.05) is 6.26 Å². The molecule has 1 N–H and O–H groups in total. The van der Waals surface area contributed by atoms with E-state index in [4.69, 9.17) is 4.52 Å². The third kappa shape index (κ3) is 4.59. The molecule has 0 bridgehead atoms. The Morgan fingerprint density at radius 3 is 2.30 bits per heavy atom. The van der Waals surface area contributed by atoms with E-state index in [2.05, 4.69) is 14.9 Å². The zero-order valence-electron chi connectivity index (χ0n) is 14.6. The molecule has 0 fully saturated rings. The molecule has 0 aliphatic rings. The number of aromatic nitrogens is 2. The molecule has 0 spiro atoms. The van der Waals surface area contributed by atoms with Crippen LogP contribution < -0.4 is 4.72 Å². The molecule has 0 saturated heterocycles. The quantitative estimate of drug-likeness (QED) is 0.663. The van der Waals surface area contributed by atoms with Crippen molar-refractivity contribution in [1.82, 2.24) is 14.9 Å². The summed E-state index contributed by atoms with van der Waals surface area (Å²) in [6, 6.07) is 12.5. The van der Waals surface area contributed by atoms with Crippen LogP contribution in [0.5, 0.6) is 0 Å². The average Bonchev–Trinajstić information content (AvgIpc) is 3.09. The van der Waals surface area contributed by atoms with E-state index in [-0.39, 0.29) is 22.2 Å². The summed E-state index contributed by atoms with van der Waals surface area (Å²) in [7, 11) is -7.25. The van der Waals surface area contributed by atoms with Gasteiger partial charge in [-0.2, -0.15) is 4.98 Å². The molecule has 0 amide bonds. The van der Waals surface area contributed by atoms with E-state index in [0.717, 1.165) is 17.4 Å². The standard InChI is InChI=1S/C17H17N3O5S2/c1-12-4-3-5-13(10-12)17-19-16(25-20-17)11-18-27(23,24)15-8-6-14(7-9-15)26(2,21)22/h3-10,18H,11H2,1-2H3. The topological polar surface area (TPSA) is 119 Å². The summed E-state index contributed by atoms with van der Waals surface area (Å²) >= 11 is 0. The van der Waals surface area contributed by atoms with Gasteiger partial charge in [0, 0.05) is 11.8 Å². The monoisotopic (exact) mass is 407 g/mol. The number of aryl methyl sites for hydroxylation is 1. The molecular weight excluding hydrogens is 390 g/mol. The van der Waals surface area contributed by atoms with E-state index in [0.29, 0.717) is 5.82 Å². The number of rotatable bonds is 6. The van der Waals surface area contributed by atoms with Gasteiger partial charge in [0.1, 0.15) is 0 Å². The minimum Gasteiger partial charge on any atom is -0.338 e. The minimum absolute atomic E-state index is 0.0427. The van der Waals surface area contributed by atoms with E-state index in [9.17, 15) is 16.8 Å². The van der Waals surface area contributed by atoms with Gasteiger partial charge in [-0.1, -0.05) is 28.9 Å². The lowest BCUT2D eigenvalue weighted by Gasteiger charge is -2.05. The normalized spacial score (nSPS) is 12.2. The first-order valence-corrected chi connectivity index (χ1v) is 11.2. The Bertz CT molecular complexity index is 1170. The van der Waals surface area contributed by atoms with Crippen molar-refractivity contribution in [2.45, 2.75) is 23.3 Å². The lowest BCUT2D eigenvalue weighted by atomic mass is 10.1. The third-order valence-corrected chi connectivity index (χ3v) is 6.27. The molecule has 8 nitrogen and oxygen atoms in total. The highest BCUT2D eigenvalue weighted by atomic mass is 32.2. The molecule has 0 radical (unpaired) electrons. The van der Waals surface area contributed by atoms with Crippen molar-refractivity contribution in [3.63, 3.8) is 0 Å². The van der Waals surface area contributed by atoms with Gasteiger partial charge in [-0.15, -0.1) is 0 Å². The molecular formula is C17H17N3O5S2. The summed E-state index contributed by atoms with van der Waals surface area (Å²) in [5.74, 6) is 0.480. The van der Waals surface area contributed by atoms with Crippen molar-refractivity contribution in [3.05, 3.63) is 60.0 Å². The number of sulfonamides is 1. The zero-order chi connectivity index (χ0) is 19.7. The van der Waals surface area contributed by atoms with E-state index >= 15 is 0 Å². The van der Waals surface area contributed by atoms with Crippen molar-refractivity contribution >= 4 is 19.9 Å². The maximum atomic E-state index is 12.3. The van der Waals surface area contributed by atoms with Crippen molar-refractivity contribution in [3.8, 4) is 11.4 Å². The second-order valence-corrected chi connectivity index (χ2v) is 9.73. The molecule has 27 heavy (non-hydrogen) atoms. The van der Waals surface area contributed by atoms with Gasteiger partial charge in [-0.25, -0.2) is 21.6 Å². The predicted molar refractivity (Wildman–Crippen MR) is 98.0 cm³/mol. The van der Waals surface area contributed by atoms with Crippen molar-refractivity contribution in [2.24, 2.45) is 0 Å². The second-order valence-electron chi connectivity index (χ2n) is 5.95. The van der Waals surface area contributed by atoms with Crippen LogP contribution in [0.4, 0.5) is 0 Å². The van der Waals surface area contributed by atoms with Gasteiger partial charge in [0.15, 0.2) is 9.84 Å². The molecule has 3 rings (SSSR count). The van der Waals surface area contributed by atoms with Crippen LogP contribution in [0.25, 0.3) is 11.4 Å². The lowest BCUT2D eigenvalue weighted by Crippen LogP contribution is -2.23. The molecule has 3 aromatic rings. The molecule has 2 aromatic carbocycles. The first-order valence-electron chi connectivity index (χ1n) is 7.84. The van der Waals surface area contributed by atoms with Gasteiger partial charge in [0.05, 0.1) is 16.3 Å². The van der Waals surface area contributed by atoms with Gasteiger partial charge in [-0.3, -0.25) is 0 Å². The fourth-order valence-corrected chi connectivity index (χ4v) is 3.94. The van der Waals surface area contributed by atoms with E-state index < -0.39 is 19.9 Å². The van der Waals surface area contributed by atoms with E-state index in [1.165, 1.54) is 24.3 Å². The third-order valence-electron chi connectivity index (χ3n) is 3.72. The number of benzene rings is 2. The molecule has 0 saturated carbocycles. The number of nitrogens with zero attached hydrogens (tertiary/aromatic N) is 2. The maximum absolute atomic E-state index is 12.3. The van der Waals surface area contributed by atoms with E-state index in [1.807, 2.05) is 31.2 Å². The molecule has 1 aromatic heterocycles. The van der Waals surface area contributed by atoms with Crippen LogP contribution in [-0.2, 0) is 26.4 Å². The summed E-state index contributed by atoms with van der Waals surface area (Å²) in [5.41, 5.74) is 1.81. The molecule has 0 aliphatic heterocycles. The number of hydrogen-bond acceptors (Lipinski definition) is 7. The summed E-state index contributed by atoms with van der Waals surface area (Å²) in [6.07, 6.45) is 1.05. The lowest BCUT2D eigenvalue weighted by molar-refractivity contribution is 0.376. The Morgan fingerprint density at radius 2 is 1.67 bits per heavy atom. The highest BCUT2D eigenvalue weighted by Crippen LogP contribution is 2.18.